The SMILES string of the molecule is Cc1ccc2nc(C3CCCN(S(=O)(=O)CCCCCl)C3)[nH]c2c1. The van der Waals surface area contributed by atoms with E-state index in [1.807, 2.05) is 12.1 Å². The Morgan fingerprint density at radius 1 is 1.38 bits per heavy atom. The first-order chi connectivity index (χ1) is 11.5. The van der Waals surface area contributed by atoms with Crippen LogP contribution in [0.1, 0.15) is 43.0 Å². The molecule has 5 nitrogen and oxygen atoms in total. The Hall–Kier alpha value is -1.11. The second kappa shape index (κ2) is 7.42. The van der Waals surface area contributed by atoms with E-state index in [2.05, 4.69) is 23.0 Å². The van der Waals surface area contributed by atoms with Gasteiger partial charge in [-0.25, -0.2) is 17.7 Å². The van der Waals surface area contributed by atoms with E-state index in [0.29, 0.717) is 25.4 Å². The summed E-state index contributed by atoms with van der Waals surface area (Å²) in [6, 6.07) is 6.13. The van der Waals surface area contributed by atoms with Crippen LogP contribution in [0.4, 0.5) is 0 Å². The highest BCUT2D eigenvalue weighted by molar-refractivity contribution is 7.89. The van der Waals surface area contributed by atoms with E-state index in [1.54, 1.807) is 4.31 Å². The number of aryl methyl sites for hydroxylation is 1. The van der Waals surface area contributed by atoms with Crippen LogP contribution >= 0.6 is 11.6 Å². The quantitative estimate of drug-likeness (QED) is 0.626. The second-order valence-electron chi connectivity index (χ2n) is 6.55. The van der Waals surface area contributed by atoms with E-state index < -0.39 is 10.0 Å². The molecule has 3 rings (SSSR count). The number of aromatic nitrogens is 2. The van der Waals surface area contributed by atoms with Crippen molar-refractivity contribution in [2.24, 2.45) is 0 Å². The minimum absolute atomic E-state index is 0.134. The van der Waals surface area contributed by atoms with E-state index in [4.69, 9.17) is 11.6 Å². The van der Waals surface area contributed by atoms with Crippen LogP contribution in [0, 0.1) is 6.92 Å². The number of aromatic amines is 1. The van der Waals surface area contributed by atoms with Crippen LogP contribution in [-0.2, 0) is 10.0 Å². The number of hydrogen-bond acceptors (Lipinski definition) is 3. The third-order valence-electron chi connectivity index (χ3n) is 4.61. The molecule has 1 N–H and O–H groups in total. The fraction of sp³-hybridized carbons (Fsp3) is 0.588. The summed E-state index contributed by atoms with van der Waals surface area (Å²) in [7, 11) is -3.20. The first-order valence-corrected chi connectivity index (χ1v) is 10.6. The van der Waals surface area contributed by atoms with Crippen LogP contribution in [0.3, 0.4) is 0 Å². The van der Waals surface area contributed by atoms with Gasteiger partial charge in [-0.2, -0.15) is 0 Å². The van der Waals surface area contributed by atoms with E-state index >= 15 is 0 Å². The Morgan fingerprint density at radius 2 is 2.21 bits per heavy atom. The predicted octanol–water partition coefficient (Wildman–Crippen LogP) is 3.40. The van der Waals surface area contributed by atoms with Gasteiger partial charge in [-0.1, -0.05) is 6.07 Å². The predicted molar refractivity (Wildman–Crippen MR) is 98.1 cm³/mol. The average molecular weight is 370 g/mol. The third-order valence-corrected chi connectivity index (χ3v) is 6.80. The molecule has 1 aromatic carbocycles. The number of sulfonamides is 1. The lowest BCUT2D eigenvalue weighted by molar-refractivity contribution is 0.310. The van der Waals surface area contributed by atoms with Gasteiger partial charge in [0.2, 0.25) is 10.0 Å². The number of unbranched alkanes of at least 4 members (excludes halogenated alkanes) is 1. The molecule has 24 heavy (non-hydrogen) atoms. The minimum atomic E-state index is -3.20. The van der Waals surface area contributed by atoms with E-state index in [1.165, 1.54) is 5.56 Å². The van der Waals surface area contributed by atoms with Gasteiger partial charge in [0, 0.05) is 24.9 Å². The summed E-state index contributed by atoms with van der Waals surface area (Å²) in [5, 5.41) is 0. The normalized spacial score (nSPS) is 19.8. The number of imidazole rings is 1. The maximum Gasteiger partial charge on any atom is 0.214 e. The molecule has 0 spiro atoms. The molecular weight excluding hydrogens is 346 g/mol. The first kappa shape index (κ1) is 17.7. The Labute approximate surface area is 148 Å². The fourth-order valence-corrected chi connectivity index (χ4v) is 5.09. The number of halogens is 1. The van der Waals surface area contributed by atoms with Crippen molar-refractivity contribution in [1.82, 2.24) is 14.3 Å². The molecule has 2 heterocycles. The zero-order valence-corrected chi connectivity index (χ0v) is 15.5. The number of H-pyrrole nitrogens is 1. The van der Waals surface area contributed by atoms with Crippen molar-refractivity contribution in [3.8, 4) is 0 Å². The van der Waals surface area contributed by atoms with Gasteiger partial charge in [0.25, 0.3) is 0 Å². The first-order valence-electron chi connectivity index (χ1n) is 8.49. The van der Waals surface area contributed by atoms with Gasteiger partial charge >= 0.3 is 0 Å². The molecule has 0 saturated carbocycles. The molecule has 1 atom stereocenters. The summed E-state index contributed by atoms with van der Waals surface area (Å²) >= 11 is 5.65. The minimum Gasteiger partial charge on any atom is -0.342 e. The number of nitrogens with zero attached hydrogens (tertiary/aromatic N) is 2. The van der Waals surface area contributed by atoms with Gasteiger partial charge in [0.05, 0.1) is 16.8 Å². The van der Waals surface area contributed by atoms with Gasteiger partial charge in [-0.15, -0.1) is 11.6 Å². The Morgan fingerprint density at radius 3 is 3.00 bits per heavy atom. The number of fused-ring (bicyclic) bond motifs is 1. The third kappa shape index (κ3) is 3.92. The average Bonchev–Trinajstić information content (AvgIpc) is 2.98. The molecule has 0 amide bonds. The number of rotatable bonds is 6. The fourth-order valence-electron chi connectivity index (χ4n) is 3.26. The Balaban J connectivity index is 1.74. The van der Waals surface area contributed by atoms with Crippen molar-refractivity contribution in [2.75, 3.05) is 24.7 Å². The van der Waals surface area contributed by atoms with Gasteiger partial charge < -0.3 is 4.98 Å². The summed E-state index contributed by atoms with van der Waals surface area (Å²) < 4.78 is 26.6. The Kier molecular flexibility index (Phi) is 5.47. The van der Waals surface area contributed by atoms with Crippen molar-refractivity contribution in [2.45, 2.75) is 38.5 Å². The molecule has 0 aliphatic carbocycles. The molecule has 1 saturated heterocycles. The van der Waals surface area contributed by atoms with Crippen molar-refractivity contribution in [3.05, 3.63) is 29.6 Å². The zero-order valence-electron chi connectivity index (χ0n) is 14.0. The van der Waals surface area contributed by atoms with E-state index in [9.17, 15) is 8.42 Å². The number of piperidine rings is 1. The van der Waals surface area contributed by atoms with Crippen molar-refractivity contribution < 1.29 is 8.42 Å². The number of benzene rings is 1. The number of nitrogens with one attached hydrogen (secondary N) is 1. The van der Waals surface area contributed by atoms with Crippen LogP contribution in [0.5, 0.6) is 0 Å². The highest BCUT2D eigenvalue weighted by Crippen LogP contribution is 2.28. The topological polar surface area (TPSA) is 66.1 Å². The van der Waals surface area contributed by atoms with Gasteiger partial charge in [0.15, 0.2) is 0 Å². The van der Waals surface area contributed by atoms with Crippen LogP contribution in [0.15, 0.2) is 18.2 Å². The lowest BCUT2D eigenvalue weighted by Crippen LogP contribution is -2.40. The van der Waals surface area contributed by atoms with Crippen LogP contribution in [-0.4, -0.2) is 47.4 Å². The van der Waals surface area contributed by atoms with Crippen molar-refractivity contribution >= 4 is 32.7 Å². The maximum atomic E-state index is 12.5. The van der Waals surface area contributed by atoms with Crippen molar-refractivity contribution in [3.63, 3.8) is 0 Å². The van der Waals surface area contributed by atoms with Crippen molar-refractivity contribution in [1.29, 1.82) is 0 Å². The van der Waals surface area contributed by atoms with E-state index in [0.717, 1.165) is 36.1 Å². The molecule has 0 radical (unpaired) electrons. The molecule has 1 aliphatic rings. The lowest BCUT2D eigenvalue weighted by Gasteiger charge is -2.31. The maximum absolute atomic E-state index is 12.5. The molecule has 132 valence electrons. The van der Waals surface area contributed by atoms with Gasteiger partial charge in [-0.3, -0.25) is 0 Å². The highest BCUT2D eigenvalue weighted by atomic mass is 35.5. The second-order valence-corrected chi connectivity index (χ2v) is 9.02. The molecular formula is C17H24ClN3O2S. The number of hydrogen-bond donors (Lipinski definition) is 1. The molecule has 1 aliphatic heterocycles. The molecule has 1 unspecified atom stereocenters. The molecule has 0 bridgehead atoms. The monoisotopic (exact) mass is 369 g/mol. The summed E-state index contributed by atoms with van der Waals surface area (Å²) in [6.07, 6.45) is 3.19. The van der Waals surface area contributed by atoms with Crippen LogP contribution in [0.2, 0.25) is 0 Å². The van der Waals surface area contributed by atoms with Gasteiger partial charge in [-0.05, 0) is 50.3 Å². The Bertz CT molecular complexity index is 803. The van der Waals surface area contributed by atoms with E-state index in [-0.39, 0.29) is 11.7 Å². The molecule has 7 heteroatoms. The summed E-state index contributed by atoms with van der Waals surface area (Å²) in [5.41, 5.74) is 3.15. The summed E-state index contributed by atoms with van der Waals surface area (Å²) in [6.45, 7) is 3.18. The highest BCUT2D eigenvalue weighted by Gasteiger charge is 2.30. The van der Waals surface area contributed by atoms with Crippen LogP contribution in [0.25, 0.3) is 11.0 Å². The molecule has 1 aromatic heterocycles. The summed E-state index contributed by atoms with van der Waals surface area (Å²) in [5.74, 6) is 1.73. The van der Waals surface area contributed by atoms with Crippen LogP contribution < -0.4 is 0 Å². The van der Waals surface area contributed by atoms with Gasteiger partial charge in [0.1, 0.15) is 5.82 Å². The zero-order chi connectivity index (χ0) is 17.2. The largest absolute Gasteiger partial charge is 0.342 e. The number of alkyl halides is 1. The standard InChI is InChI=1S/C17H24ClN3O2S/c1-13-6-7-15-16(11-13)20-17(19-15)14-5-4-9-21(12-14)24(22,23)10-3-2-8-18/h6-7,11,14H,2-5,8-10,12H2,1H3,(H,19,20). The molecule has 2 aromatic rings. The lowest BCUT2D eigenvalue weighted by atomic mass is 9.99. The summed E-state index contributed by atoms with van der Waals surface area (Å²) in [4.78, 5) is 8.06. The smallest absolute Gasteiger partial charge is 0.214 e. The molecule has 1 fully saturated rings.